The first-order valence-corrected chi connectivity index (χ1v) is 6.19. The summed E-state index contributed by atoms with van der Waals surface area (Å²) in [4.78, 5) is 12.4. The van der Waals surface area contributed by atoms with Crippen molar-refractivity contribution in [1.82, 2.24) is 0 Å². The van der Waals surface area contributed by atoms with Gasteiger partial charge in [-0.2, -0.15) is 0 Å². The van der Waals surface area contributed by atoms with Crippen molar-refractivity contribution in [2.24, 2.45) is 0 Å². The van der Waals surface area contributed by atoms with Crippen molar-refractivity contribution in [3.63, 3.8) is 0 Å². The minimum Gasteiger partial charge on any atom is -0.463 e. The number of fused-ring (bicyclic) bond motifs is 1. The number of ether oxygens (including phenoxy) is 2. The van der Waals surface area contributed by atoms with Gasteiger partial charge in [-0.15, -0.1) is 11.3 Å². The van der Waals surface area contributed by atoms with Crippen LogP contribution in [0, 0.1) is 0 Å². The lowest BCUT2D eigenvalue weighted by Gasteiger charge is -2.19. The Morgan fingerprint density at radius 3 is 3.44 bits per heavy atom. The number of thiophene rings is 1. The Balaban J connectivity index is 1.92. The highest BCUT2D eigenvalue weighted by Gasteiger charge is 2.17. The molecule has 3 nitrogen and oxygen atoms in total. The number of carbonyl (C=O) groups is 1. The van der Waals surface area contributed by atoms with Gasteiger partial charge in [0.25, 0.3) is 0 Å². The predicted molar refractivity (Wildman–Crippen MR) is 62.4 cm³/mol. The summed E-state index contributed by atoms with van der Waals surface area (Å²) < 4.78 is 10.4. The zero-order chi connectivity index (χ0) is 11.4. The van der Waals surface area contributed by atoms with Crippen LogP contribution >= 0.6 is 11.3 Å². The molecule has 1 aromatic rings. The van der Waals surface area contributed by atoms with Crippen LogP contribution in [-0.4, -0.2) is 18.7 Å². The second-order valence-corrected chi connectivity index (χ2v) is 4.53. The van der Waals surface area contributed by atoms with Gasteiger partial charge in [0.1, 0.15) is 0 Å². The molecule has 16 heavy (non-hydrogen) atoms. The van der Waals surface area contributed by atoms with Crippen LogP contribution in [0.2, 0.25) is 0 Å². The van der Waals surface area contributed by atoms with Gasteiger partial charge in [0.2, 0.25) is 0 Å². The number of carbonyl (C=O) groups excluding carboxylic acids is 1. The van der Waals surface area contributed by atoms with Gasteiger partial charge < -0.3 is 9.47 Å². The van der Waals surface area contributed by atoms with E-state index < -0.39 is 0 Å². The Hall–Kier alpha value is -1.13. The summed E-state index contributed by atoms with van der Waals surface area (Å²) in [6, 6.07) is 2.12. The lowest BCUT2D eigenvalue weighted by molar-refractivity contribution is -0.137. The summed E-state index contributed by atoms with van der Waals surface area (Å²) in [6.07, 6.45) is 4.06. The Morgan fingerprint density at radius 2 is 2.62 bits per heavy atom. The van der Waals surface area contributed by atoms with Crippen molar-refractivity contribution in [2.45, 2.75) is 26.1 Å². The van der Waals surface area contributed by atoms with E-state index in [1.54, 1.807) is 24.3 Å². The van der Waals surface area contributed by atoms with E-state index in [2.05, 4.69) is 11.4 Å². The lowest BCUT2D eigenvalue weighted by Crippen LogP contribution is -2.19. The van der Waals surface area contributed by atoms with E-state index in [-0.39, 0.29) is 12.1 Å². The van der Waals surface area contributed by atoms with Crippen LogP contribution in [0.3, 0.4) is 0 Å². The van der Waals surface area contributed by atoms with Gasteiger partial charge in [0.15, 0.2) is 0 Å². The number of hydrogen-bond donors (Lipinski definition) is 0. The molecule has 2 heterocycles. The Bertz CT molecular complexity index is 395. The van der Waals surface area contributed by atoms with Crippen LogP contribution in [0.4, 0.5) is 0 Å². The van der Waals surface area contributed by atoms with Crippen LogP contribution in [-0.2, 0) is 27.3 Å². The first-order valence-electron chi connectivity index (χ1n) is 5.31. The number of esters is 1. The molecule has 0 bridgehead atoms. The van der Waals surface area contributed by atoms with E-state index in [1.165, 1.54) is 16.5 Å². The summed E-state index contributed by atoms with van der Waals surface area (Å²) in [5.74, 6) is -0.304. The highest BCUT2D eigenvalue weighted by molar-refractivity contribution is 7.10. The minimum atomic E-state index is -0.304. The summed E-state index contributed by atoms with van der Waals surface area (Å²) in [7, 11) is 0. The van der Waals surface area contributed by atoms with Crippen LogP contribution in [0.15, 0.2) is 23.6 Å². The van der Waals surface area contributed by atoms with E-state index >= 15 is 0 Å². The van der Waals surface area contributed by atoms with Crippen LogP contribution in [0.1, 0.15) is 17.4 Å². The van der Waals surface area contributed by atoms with Crippen molar-refractivity contribution in [3.8, 4) is 0 Å². The highest BCUT2D eigenvalue weighted by Crippen LogP contribution is 2.25. The van der Waals surface area contributed by atoms with Crippen molar-refractivity contribution >= 4 is 17.3 Å². The van der Waals surface area contributed by atoms with Crippen LogP contribution in [0.25, 0.3) is 0 Å². The maximum atomic E-state index is 11.1. The van der Waals surface area contributed by atoms with Gasteiger partial charge >= 0.3 is 5.97 Å². The monoisotopic (exact) mass is 238 g/mol. The zero-order valence-corrected chi connectivity index (χ0v) is 9.96. The molecule has 0 saturated heterocycles. The molecule has 1 aliphatic rings. The second-order valence-electron chi connectivity index (χ2n) is 3.53. The van der Waals surface area contributed by atoms with Gasteiger partial charge in [-0.3, -0.25) is 0 Å². The Morgan fingerprint density at radius 1 is 1.75 bits per heavy atom. The molecule has 0 saturated carbocycles. The van der Waals surface area contributed by atoms with E-state index in [0.29, 0.717) is 13.2 Å². The first-order chi connectivity index (χ1) is 7.79. The van der Waals surface area contributed by atoms with E-state index in [1.807, 2.05) is 0 Å². The maximum Gasteiger partial charge on any atom is 0.330 e. The Kier molecular flexibility index (Phi) is 3.74. The fourth-order valence-corrected chi connectivity index (χ4v) is 2.47. The molecule has 1 aromatic heterocycles. The largest absolute Gasteiger partial charge is 0.463 e. The standard InChI is InChI=1S/C12H14O3S/c1-2-14-12(13)4-3-10-7-9-5-6-16-11(9)8-15-10/h3-6,10H,2,7-8H2,1H3/b4-3+. The van der Waals surface area contributed by atoms with Crippen molar-refractivity contribution in [1.29, 1.82) is 0 Å². The third-order valence-corrected chi connectivity index (χ3v) is 3.36. The minimum absolute atomic E-state index is 0.00786. The lowest BCUT2D eigenvalue weighted by atomic mass is 10.1. The van der Waals surface area contributed by atoms with Crippen molar-refractivity contribution in [2.75, 3.05) is 6.61 Å². The summed E-state index contributed by atoms with van der Waals surface area (Å²) in [6.45, 7) is 2.84. The molecule has 0 aliphatic carbocycles. The molecule has 1 atom stereocenters. The van der Waals surface area contributed by atoms with E-state index in [9.17, 15) is 4.79 Å². The SMILES string of the molecule is CCOC(=O)/C=C/C1Cc2ccsc2CO1. The predicted octanol–water partition coefficient (Wildman–Crippen LogP) is 2.31. The molecule has 0 fully saturated rings. The molecule has 0 N–H and O–H groups in total. The molecule has 0 aromatic carbocycles. The molecular formula is C12H14O3S. The molecule has 1 aliphatic heterocycles. The summed E-state index contributed by atoms with van der Waals surface area (Å²) >= 11 is 1.72. The number of rotatable bonds is 3. The van der Waals surface area contributed by atoms with Crippen molar-refractivity contribution in [3.05, 3.63) is 34.0 Å². The maximum absolute atomic E-state index is 11.1. The zero-order valence-electron chi connectivity index (χ0n) is 9.14. The third kappa shape index (κ3) is 2.71. The van der Waals surface area contributed by atoms with Crippen LogP contribution < -0.4 is 0 Å². The molecular weight excluding hydrogens is 224 g/mol. The quantitative estimate of drug-likeness (QED) is 0.599. The highest BCUT2D eigenvalue weighted by atomic mass is 32.1. The van der Waals surface area contributed by atoms with E-state index in [4.69, 9.17) is 9.47 Å². The molecule has 86 valence electrons. The van der Waals surface area contributed by atoms with Gasteiger partial charge in [0, 0.05) is 17.4 Å². The molecule has 0 amide bonds. The third-order valence-electron chi connectivity index (χ3n) is 2.42. The van der Waals surface area contributed by atoms with E-state index in [0.717, 1.165) is 6.42 Å². The van der Waals surface area contributed by atoms with Gasteiger partial charge in [-0.05, 0) is 30.0 Å². The molecule has 0 radical (unpaired) electrons. The first kappa shape index (κ1) is 11.4. The smallest absolute Gasteiger partial charge is 0.330 e. The Labute approximate surface area is 98.7 Å². The molecule has 1 unspecified atom stereocenters. The van der Waals surface area contributed by atoms with Crippen LogP contribution in [0.5, 0.6) is 0 Å². The fraction of sp³-hybridized carbons (Fsp3) is 0.417. The number of hydrogen-bond acceptors (Lipinski definition) is 4. The van der Waals surface area contributed by atoms with Gasteiger partial charge in [0.05, 0.1) is 19.3 Å². The summed E-state index contributed by atoms with van der Waals surface area (Å²) in [5.41, 5.74) is 1.33. The van der Waals surface area contributed by atoms with Crippen molar-refractivity contribution < 1.29 is 14.3 Å². The average molecular weight is 238 g/mol. The topological polar surface area (TPSA) is 35.5 Å². The average Bonchev–Trinajstić information content (AvgIpc) is 2.74. The normalized spacial score (nSPS) is 19.7. The van der Waals surface area contributed by atoms with Gasteiger partial charge in [-0.25, -0.2) is 4.79 Å². The fourth-order valence-electron chi connectivity index (χ4n) is 1.63. The molecule has 2 rings (SSSR count). The molecule has 4 heteroatoms. The molecule has 0 spiro atoms. The second kappa shape index (κ2) is 5.27. The van der Waals surface area contributed by atoms with Gasteiger partial charge in [-0.1, -0.05) is 0 Å². The summed E-state index contributed by atoms with van der Waals surface area (Å²) in [5, 5.41) is 2.07.